The molecule has 0 unspecified atom stereocenters. The van der Waals surface area contributed by atoms with Gasteiger partial charge < -0.3 is 10.5 Å². The Kier molecular flexibility index (Phi) is 3.31. The van der Waals surface area contributed by atoms with Crippen molar-refractivity contribution in [1.82, 2.24) is 0 Å². The van der Waals surface area contributed by atoms with Gasteiger partial charge in [0.1, 0.15) is 5.75 Å². The van der Waals surface area contributed by atoms with Gasteiger partial charge in [-0.25, -0.2) is 0 Å². The standard InChI is InChI=1S/C10H10ClNO3/c1-5-6(10(12)14)3-4-7(9(11)13)8(5)15-2/h3-4H,1-2H3,(H2,12,14). The second-order valence-corrected chi connectivity index (χ2v) is 3.30. The molecule has 80 valence electrons. The van der Waals surface area contributed by atoms with Gasteiger partial charge in [0.25, 0.3) is 5.24 Å². The summed E-state index contributed by atoms with van der Waals surface area (Å²) in [5.74, 6) is -0.286. The Morgan fingerprint density at radius 2 is 1.87 bits per heavy atom. The van der Waals surface area contributed by atoms with E-state index in [1.54, 1.807) is 6.92 Å². The Hall–Kier alpha value is -1.55. The minimum atomic E-state index is -0.633. The summed E-state index contributed by atoms with van der Waals surface area (Å²) < 4.78 is 5.02. The predicted molar refractivity (Wildman–Crippen MR) is 56.4 cm³/mol. The van der Waals surface area contributed by atoms with Crippen LogP contribution in [0.3, 0.4) is 0 Å². The third-order valence-electron chi connectivity index (χ3n) is 2.09. The van der Waals surface area contributed by atoms with Crippen LogP contribution in [0, 0.1) is 6.92 Å². The van der Waals surface area contributed by atoms with Gasteiger partial charge in [-0.15, -0.1) is 0 Å². The number of halogens is 1. The second-order valence-electron chi connectivity index (χ2n) is 2.96. The molecule has 0 heterocycles. The van der Waals surface area contributed by atoms with Gasteiger partial charge >= 0.3 is 0 Å². The van der Waals surface area contributed by atoms with Gasteiger partial charge in [0.05, 0.1) is 12.7 Å². The molecule has 0 aliphatic carbocycles. The Morgan fingerprint density at radius 1 is 1.33 bits per heavy atom. The van der Waals surface area contributed by atoms with Gasteiger partial charge in [-0.1, -0.05) is 0 Å². The maximum atomic E-state index is 11.0. The van der Waals surface area contributed by atoms with Crippen molar-refractivity contribution in [3.63, 3.8) is 0 Å². The molecule has 1 aromatic carbocycles. The molecule has 0 aliphatic heterocycles. The highest BCUT2D eigenvalue weighted by molar-refractivity contribution is 6.68. The summed E-state index contributed by atoms with van der Waals surface area (Å²) in [6, 6.07) is 2.87. The largest absolute Gasteiger partial charge is 0.496 e. The fourth-order valence-corrected chi connectivity index (χ4v) is 1.53. The number of rotatable bonds is 3. The molecule has 2 N–H and O–H groups in total. The Morgan fingerprint density at radius 3 is 2.27 bits per heavy atom. The van der Waals surface area contributed by atoms with E-state index in [1.807, 2.05) is 0 Å². The molecule has 0 aromatic heterocycles. The van der Waals surface area contributed by atoms with E-state index in [2.05, 4.69) is 0 Å². The van der Waals surface area contributed by atoms with E-state index in [1.165, 1.54) is 19.2 Å². The molecule has 0 fully saturated rings. The number of carbonyl (C=O) groups is 2. The average Bonchev–Trinajstić information content (AvgIpc) is 2.16. The van der Waals surface area contributed by atoms with Crippen LogP contribution in [0.15, 0.2) is 12.1 Å². The molecule has 0 spiro atoms. The van der Waals surface area contributed by atoms with Crippen molar-refractivity contribution < 1.29 is 14.3 Å². The molecule has 0 saturated carbocycles. The summed E-state index contributed by atoms with van der Waals surface area (Å²) in [7, 11) is 1.40. The lowest BCUT2D eigenvalue weighted by atomic mass is 10.0. The summed E-state index contributed by atoms with van der Waals surface area (Å²) >= 11 is 5.36. The molecule has 0 atom stereocenters. The fourth-order valence-electron chi connectivity index (χ4n) is 1.38. The lowest BCUT2D eigenvalue weighted by Gasteiger charge is -2.10. The van der Waals surface area contributed by atoms with Crippen LogP contribution in [0.25, 0.3) is 0 Å². The molecule has 15 heavy (non-hydrogen) atoms. The fraction of sp³-hybridized carbons (Fsp3) is 0.200. The van der Waals surface area contributed by atoms with Crippen LogP contribution in [0.2, 0.25) is 0 Å². The van der Waals surface area contributed by atoms with Crippen LogP contribution >= 0.6 is 11.6 Å². The summed E-state index contributed by atoms with van der Waals surface area (Å²) in [5.41, 5.74) is 6.20. The minimum absolute atomic E-state index is 0.224. The van der Waals surface area contributed by atoms with Crippen molar-refractivity contribution in [3.8, 4) is 5.75 Å². The monoisotopic (exact) mass is 227 g/mol. The van der Waals surface area contributed by atoms with Crippen LogP contribution in [0.5, 0.6) is 5.75 Å². The summed E-state index contributed by atoms with van der Waals surface area (Å²) in [5, 5.41) is -0.633. The first kappa shape index (κ1) is 11.5. The first-order valence-electron chi connectivity index (χ1n) is 4.16. The van der Waals surface area contributed by atoms with Crippen molar-refractivity contribution in [2.45, 2.75) is 6.92 Å². The van der Waals surface area contributed by atoms with Crippen LogP contribution in [0.1, 0.15) is 26.3 Å². The number of carbonyl (C=O) groups excluding carboxylic acids is 2. The van der Waals surface area contributed by atoms with E-state index in [0.29, 0.717) is 11.1 Å². The third kappa shape index (κ3) is 2.10. The van der Waals surface area contributed by atoms with Gasteiger partial charge in [-0.05, 0) is 30.7 Å². The highest BCUT2D eigenvalue weighted by atomic mass is 35.5. The molecule has 1 rings (SSSR count). The maximum absolute atomic E-state index is 11.0. The molecular formula is C10H10ClNO3. The quantitative estimate of drug-likeness (QED) is 0.796. The van der Waals surface area contributed by atoms with Gasteiger partial charge in [0.2, 0.25) is 5.91 Å². The minimum Gasteiger partial charge on any atom is -0.496 e. The van der Waals surface area contributed by atoms with E-state index in [-0.39, 0.29) is 11.3 Å². The van der Waals surface area contributed by atoms with Crippen LogP contribution in [0.4, 0.5) is 0 Å². The second kappa shape index (κ2) is 4.31. The highest BCUT2D eigenvalue weighted by Gasteiger charge is 2.16. The smallest absolute Gasteiger partial charge is 0.256 e. The summed E-state index contributed by atoms with van der Waals surface area (Å²) in [6.07, 6.45) is 0. The Balaban J connectivity index is 3.45. The van der Waals surface area contributed by atoms with Gasteiger partial charge in [0, 0.05) is 11.1 Å². The van der Waals surface area contributed by atoms with Crippen molar-refractivity contribution >= 4 is 22.8 Å². The Labute approximate surface area is 92.0 Å². The number of benzene rings is 1. The highest BCUT2D eigenvalue weighted by Crippen LogP contribution is 2.27. The zero-order valence-corrected chi connectivity index (χ0v) is 9.09. The van der Waals surface area contributed by atoms with Crippen LogP contribution < -0.4 is 10.5 Å². The van der Waals surface area contributed by atoms with Crippen molar-refractivity contribution in [3.05, 3.63) is 28.8 Å². The van der Waals surface area contributed by atoms with E-state index < -0.39 is 11.1 Å². The first-order valence-corrected chi connectivity index (χ1v) is 4.54. The lowest BCUT2D eigenvalue weighted by molar-refractivity contribution is 0.0997. The molecule has 0 saturated heterocycles. The Bertz CT molecular complexity index is 429. The van der Waals surface area contributed by atoms with Gasteiger partial charge in [0.15, 0.2) is 0 Å². The molecule has 1 aromatic rings. The number of nitrogens with two attached hydrogens (primary N) is 1. The third-order valence-corrected chi connectivity index (χ3v) is 2.29. The maximum Gasteiger partial charge on any atom is 0.256 e. The molecule has 4 nitrogen and oxygen atoms in total. The predicted octanol–water partition coefficient (Wildman–Crippen LogP) is 1.48. The van der Waals surface area contributed by atoms with E-state index in [9.17, 15) is 9.59 Å². The lowest BCUT2D eigenvalue weighted by Crippen LogP contribution is -2.14. The molecule has 5 heteroatoms. The normalized spacial score (nSPS) is 9.80. The summed E-state index contributed by atoms with van der Waals surface area (Å²) in [6.45, 7) is 1.64. The van der Waals surface area contributed by atoms with Gasteiger partial charge in [-0.2, -0.15) is 0 Å². The first-order chi connectivity index (χ1) is 6.99. The molecule has 0 bridgehead atoms. The molecular weight excluding hydrogens is 218 g/mol. The average molecular weight is 228 g/mol. The number of primary amides is 1. The topological polar surface area (TPSA) is 69.4 Å². The van der Waals surface area contributed by atoms with E-state index >= 15 is 0 Å². The van der Waals surface area contributed by atoms with Crippen molar-refractivity contribution in [2.24, 2.45) is 5.73 Å². The van der Waals surface area contributed by atoms with Gasteiger partial charge in [-0.3, -0.25) is 9.59 Å². The molecule has 0 radical (unpaired) electrons. The number of ether oxygens (including phenoxy) is 1. The molecule has 1 amide bonds. The summed E-state index contributed by atoms with van der Waals surface area (Å²) in [4.78, 5) is 22.0. The number of hydrogen-bond acceptors (Lipinski definition) is 3. The molecule has 0 aliphatic rings. The number of hydrogen-bond donors (Lipinski definition) is 1. The SMILES string of the molecule is COc1c(C(=O)Cl)ccc(C(N)=O)c1C. The zero-order chi connectivity index (χ0) is 11.6. The number of methoxy groups -OCH3 is 1. The number of amides is 1. The van der Waals surface area contributed by atoms with Crippen molar-refractivity contribution in [2.75, 3.05) is 7.11 Å². The van der Waals surface area contributed by atoms with Crippen LogP contribution in [-0.2, 0) is 0 Å². The van der Waals surface area contributed by atoms with Crippen molar-refractivity contribution in [1.29, 1.82) is 0 Å². The van der Waals surface area contributed by atoms with E-state index in [4.69, 9.17) is 22.1 Å². The van der Waals surface area contributed by atoms with Crippen LogP contribution in [-0.4, -0.2) is 18.3 Å². The van der Waals surface area contributed by atoms with E-state index in [0.717, 1.165) is 0 Å². The zero-order valence-electron chi connectivity index (χ0n) is 8.33.